The van der Waals surface area contributed by atoms with E-state index in [4.69, 9.17) is 0 Å². The number of hydrogen-bond acceptors (Lipinski definition) is 6. The minimum absolute atomic E-state index is 0.00190. The minimum Gasteiger partial charge on any atom is -0.350 e. The SMILES string of the molecule is CC(C)n1nc(N2CCCCC2CNC(=O)c2cnccn2)ccc1=O. The van der Waals surface area contributed by atoms with Crippen LogP contribution in [-0.2, 0) is 0 Å². The van der Waals surface area contributed by atoms with Crippen molar-refractivity contribution in [3.8, 4) is 0 Å². The van der Waals surface area contributed by atoms with E-state index >= 15 is 0 Å². The highest BCUT2D eigenvalue weighted by Gasteiger charge is 2.25. The van der Waals surface area contributed by atoms with Crippen LogP contribution in [0.25, 0.3) is 0 Å². The first-order valence-corrected chi connectivity index (χ1v) is 8.97. The lowest BCUT2D eigenvalue weighted by Gasteiger charge is -2.36. The summed E-state index contributed by atoms with van der Waals surface area (Å²) in [5.41, 5.74) is 0.203. The van der Waals surface area contributed by atoms with Gasteiger partial charge in [0, 0.05) is 37.6 Å². The van der Waals surface area contributed by atoms with Crippen LogP contribution in [0.3, 0.4) is 0 Å². The number of carbonyl (C=O) groups is 1. The quantitative estimate of drug-likeness (QED) is 0.870. The average Bonchev–Trinajstić information content (AvgIpc) is 2.67. The van der Waals surface area contributed by atoms with Crippen molar-refractivity contribution >= 4 is 11.7 Å². The predicted octanol–water partition coefficient (Wildman–Crippen LogP) is 1.40. The molecule has 26 heavy (non-hydrogen) atoms. The molecule has 0 aromatic carbocycles. The lowest BCUT2D eigenvalue weighted by Crippen LogP contribution is -2.47. The number of hydrogen-bond donors (Lipinski definition) is 1. The highest BCUT2D eigenvalue weighted by molar-refractivity contribution is 5.91. The molecule has 8 heteroatoms. The first-order valence-electron chi connectivity index (χ1n) is 8.97. The zero-order valence-electron chi connectivity index (χ0n) is 15.1. The molecular weight excluding hydrogens is 332 g/mol. The summed E-state index contributed by atoms with van der Waals surface area (Å²) in [6.45, 7) is 5.23. The second-order valence-corrected chi connectivity index (χ2v) is 6.71. The number of nitrogens with one attached hydrogen (secondary N) is 1. The first-order chi connectivity index (χ1) is 12.6. The van der Waals surface area contributed by atoms with Crippen molar-refractivity contribution < 1.29 is 4.79 Å². The largest absolute Gasteiger partial charge is 0.350 e. The molecule has 1 N–H and O–H groups in total. The van der Waals surface area contributed by atoms with Crippen LogP contribution in [-0.4, -0.2) is 44.8 Å². The molecule has 1 saturated heterocycles. The van der Waals surface area contributed by atoms with Gasteiger partial charge in [-0.1, -0.05) is 0 Å². The molecule has 2 aromatic rings. The molecule has 0 saturated carbocycles. The maximum absolute atomic E-state index is 12.2. The van der Waals surface area contributed by atoms with Gasteiger partial charge in [-0.2, -0.15) is 5.10 Å². The Morgan fingerprint density at radius 3 is 2.88 bits per heavy atom. The summed E-state index contributed by atoms with van der Waals surface area (Å²) in [5, 5.41) is 7.46. The fourth-order valence-electron chi connectivity index (χ4n) is 3.17. The summed E-state index contributed by atoms with van der Waals surface area (Å²) >= 11 is 0. The van der Waals surface area contributed by atoms with Gasteiger partial charge in [0.1, 0.15) is 11.5 Å². The first kappa shape index (κ1) is 18.0. The van der Waals surface area contributed by atoms with Gasteiger partial charge in [0.05, 0.1) is 12.2 Å². The number of carbonyl (C=O) groups excluding carboxylic acids is 1. The van der Waals surface area contributed by atoms with E-state index in [1.807, 2.05) is 13.8 Å². The Morgan fingerprint density at radius 1 is 1.31 bits per heavy atom. The highest BCUT2D eigenvalue weighted by atomic mass is 16.2. The van der Waals surface area contributed by atoms with Crippen molar-refractivity contribution in [3.05, 3.63) is 46.8 Å². The molecule has 0 bridgehead atoms. The van der Waals surface area contributed by atoms with Crippen LogP contribution in [0.15, 0.2) is 35.5 Å². The predicted molar refractivity (Wildman–Crippen MR) is 98.2 cm³/mol. The van der Waals surface area contributed by atoms with Crippen molar-refractivity contribution in [1.82, 2.24) is 25.1 Å². The van der Waals surface area contributed by atoms with E-state index < -0.39 is 0 Å². The Hall–Kier alpha value is -2.77. The summed E-state index contributed by atoms with van der Waals surface area (Å²) < 4.78 is 1.50. The van der Waals surface area contributed by atoms with E-state index in [-0.39, 0.29) is 23.6 Å². The summed E-state index contributed by atoms with van der Waals surface area (Å²) in [4.78, 5) is 34.3. The van der Waals surface area contributed by atoms with Crippen molar-refractivity contribution in [2.24, 2.45) is 0 Å². The van der Waals surface area contributed by atoms with Gasteiger partial charge in [-0.15, -0.1) is 0 Å². The maximum Gasteiger partial charge on any atom is 0.271 e. The number of piperidine rings is 1. The third-order valence-electron chi connectivity index (χ3n) is 4.52. The Bertz CT molecular complexity index is 805. The van der Waals surface area contributed by atoms with Crippen molar-refractivity contribution in [2.75, 3.05) is 18.0 Å². The molecule has 138 valence electrons. The summed E-state index contributed by atoms with van der Waals surface area (Å²) in [6, 6.07) is 3.47. The van der Waals surface area contributed by atoms with Crippen molar-refractivity contribution in [1.29, 1.82) is 0 Å². The van der Waals surface area contributed by atoms with Gasteiger partial charge in [0.15, 0.2) is 0 Å². The smallest absolute Gasteiger partial charge is 0.271 e. The van der Waals surface area contributed by atoms with E-state index in [1.165, 1.54) is 23.3 Å². The standard InChI is InChI=1S/C18H24N6O2/c1-13(2)24-17(25)7-6-16(22-24)23-10-4-3-5-14(23)11-21-18(26)15-12-19-8-9-20-15/h6-9,12-14H,3-5,10-11H2,1-2H3,(H,21,26). The molecule has 3 heterocycles. The summed E-state index contributed by atoms with van der Waals surface area (Å²) in [5.74, 6) is 0.542. The van der Waals surface area contributed by atoms with Crippen LogP contribution in [0, 0.1) is 0 Å². The molecule has 2 aromatic heterocycles. The van der Waals surface area contributed by atoms with E-state index in [9.17, 15) is 9.59 Å². The fraction of sp³-hybridized carbons (Fsp3) is 0.500. The van der Waals surface area contributed by atoms with Gasteiger partial charge in [-0.05, 0) is 39.2 Å². The van der Waals surface area contributed by atoms with Gasteiger partial charge in [0.25, 0.3) is 11.5 Å². The van der Waals surface area contributed by atoms with Crippen LogP contribution in [0.5, 0.6) is 0 Å². The van der Waals surface area contributed by atoms with E-state index in [0.29, 0.717) is 12.2 Å². The Balaban J connectivity index is 1.73. The second kappa shape index (κ2) is 8.07. The molecular formula is C18H24N6O2. The number of aromatic nitrogens is 4. The lowest BCUT2D eigenvalue weighted by molar-refractivity contribution is 0.0944. The normalized spacial score (nSPS) is 17.3. The molecule has 3 rings (SSSR count). The number of anilines is 1. The van der Waals surface area contributed by atoms with Gasteiger partial charge >= 0.3 is 0 Å². The van der Waals surface area contributed by atoms with E-state index in [0.717, 1.165) is 31.6 Å². The molecule has 0 aliphatic carbocycles. The van der Waals surface area contributed by atoms with Crippen LogP contribution < -0.4 is 15.8 Å². The van der Waals surface area contributed by atoms with Gasteiger partial charge in [-0.3, -0.25) is 14.6 Å². The lowest BCUT2D eigenvalue weighted by atomic mass is 10.0. The molecule has 0 spiro atoms. The van der Waals surface area contributed by atoms with Crippen LogP contribution >= 0.6 is 0 Å². The van der Waals surface area contributed by atoms with Gasteiger partial charge in [0.2, 0.25) is 0 Å². The van der Waals surface area contributed by atoms with Crippen LogP contribution in [0.1, 0.15) is 49.6 Å². The fourth-order valence-corrected chi connectivity index (χ4v) is 3.17. The highest BCUT2D eigenvalue weighted by Crippen LogP contribution is 2.22. The Labute approximate surface area is 152 Å². The molecule has 1 aliphatic heterocycles. The van der Waals surface area contributed by atoms with Crippen molar-refractivity contribution in [2.45, 2.75) is 45.2 Å². The molecule has 1 aliphatic rings. The minimum atomic E-state index is -0.233. The second-order valence-electron chi connectivity index (χ2n) is 6.71. The van der Waals surface area contributed by atoms with Crippen molar-refractivity contribution in [3.63, 3.8) is 0 Å². The van der Waals surface area contributed by atoms with E-state index in [2.05, 4.69) is 25.3 Å². The zero-order chi connectivity index (χ0) is 18.5. The number of rotatable bonds is 5. The van der Waals surface area contributed by atoms with E-state index in [1.54, 1.807) is 12.1 Å². The molecule has 1 fully saturated rings. The average molecular weight is 356 g/mol. The Kier molecular flexibility index (Phi) is 5.60. The number of amides is 1. The maximum atomic E-state index is 12.2. The monoisotopic (exact) mass is 356 g/mol. The van der Waals surface area contributed by atoms with Gasteiger partial charge < -0.3 is 10.2 Å². The zero-order valence-corrected chi connectivity index (χ0v) is 15.1. The summed E-state index contributed by atoms with van der Waals surface area (Å²) in [7, 11) is 0. The third-order valence-corrected chi connectivity index (χ3v) is 4.52. The van der Waals surface area contributed by atoms with Crippen LogP contribution in [0.2, 0.25) is 0 Å². The molecule has 1 amide bonds. The number of nitrogens with zero attached hydrogens (tertiary/aromatic N) is 5. The molecule has 1 unspecified atom stereocenters. The molecule has 0 radical (unpaired) electrons. The Morgan fingerprint density at radius 2 is 2.15 bits per heavy atom. The third kappa shape index (κ3) is 4.07. The topological polar surface area (TPSA) is 93.0 Å². The summed E-state index contributed by atoms with van der Waals surface area (Å²) in [6.07, 6.45) is 7.62. The molecule has 8 nitrogen and oxygen atoms in total. The van der Waals surface area contributed by atoms with Gasteiger partial charge in [-0.25, -0.2) is 9.67 Å². The van der Waals surface area contributed by atoms with Crippen LogP contribution in [0.4, 0.5) is 5.82 Å². The molecule has 1 atom stereocenters.